The Morgan fingerprint density at radius 1 is 1.28 bits per heavy atom. The summed E-state index contributed by atoms with van der Waals surface area (Å²) in [4.78, 5) is 21.6. The van der Waals surface area contributed by atoms with Crippen LogP contribution in [0.15, 0.2) is 51.1 Å². The smallest absolute Gasteiger partial charge is 0.327 e. The first kappa shape index (κ1) is 18.1. The zero-order chi connectivity index (χ0) is 14.4. The first-order valence-electron chi connectivity index (χ1n) is 5.18. The van der Waals surface area contributed by atoms with Gasteiger partial charge in [0.15, 0.2) is 0 Å². The highest BCUT2D eigenvalue weighted by Gasteiger charge is 2.15. The average molecular weight is 253 g/mol. The molecule has 0 aromatic rings. The van der Waals surface area contributed by atoms with Crippen LogP contribution in [0.1, 0.15) is 12.8 Å². The van der Waals surface area contributed by atoms with Gasteiger partial charge in [-0.2, -0.15) is 0 Å². The molecule has 1 amide bonds. The van der Waals surface area contributed by atoms with E-state index in [1.165, 1.54) is 12.5 Å². The van der Waals surface area contributed by atoms with E-state index in [0.717, 1.165) is 19.0 Å². The predicted octanol–water partition coefficient (Wildman–Crippen LogP) is 2.30. The van der Waals surface area contributed by atoms with Gasteiger partial charge in [-0.1, -0.05) is 26.3 Å². The number of carboxylic acids is 1. The number of hydrogen-bond acceptors (Lipinski definition) is 3. The molecule has 100 valence electrons. The minimum Gasteiger partial charge on any atom is -0.478 e. The average Bonchev–Trinajstić information content (AvgIpc) is 2.77. The lowest BCUT2D eigenvalue weighted by atomic mass is 10.4. The number of carbonyl (C=O) groups excluding carboxylic acids is 1. The molecule has 18 heavy (non-hydrogen) atoms. The standard InChI is InChI=1S/C6H9NO.C4H6O.C3H4O2/c1-2-7-5-3-4-6(7)8;1-3-5-4-2;1-2-3(4)5/h2H,1,3-5H2;3-4H,1-2H2;2H,1H2,(H,4,5). The van der Waals surface area contributed by atoms with Gasteiger partial charge in [0.1, 0.15) is 0 Å². The van der Waals surface area contributed by atoms with Crippen LogP contribution in [0.5, 0.6) is 0 Å². The summed E-state index contributed by atoms with van der Waals surface area (Å²) in [6.07, 6.45) is 6.74. The zero-order valence-electron chi connectivity index (χ0n) is 10.4. The van der Waals surface area contributed by atoms with Crippen molar-refractivity contribution in [1.29, 1.82) is 0 Å². The van der Waals surface area contributed by atoms with Crippen molar-refractivity contribution in [3.63, 3.8) is 0 Å². The molecule has 0 saturated carbocycles. The fraction of sp³-hybridized carbons (Fsp3) is 0.231. The quantitative estimate of drug-likeness (QED) is 0.616. The van der Waals surface area contributed by atoms with Crippen LogP contribution in [0.25, 0.3) is 0 Å². The van der Waals surface area contributed by atoms with E-state index in [0.29, 0.717) is 6.42 Å². The summed E-state index contributed by atoms with van der Waals surface area (Å²) < 4.78 is 4.36. The van der Waals surface area contributed by atoms with E-state index in [4.69, 9.17) is 5.11 Å². The second-order valence-electron chi connectivity index (χ2n) is 2.89. The highest BCUT2D eigenvalue weighted by atomic mass is 16.5. The number of hydrogen-bond donors (Lipinski definition) is 1. The first-order chi connectivity index (χ1) is 8.53. The lowest BCUT2D eigenvalue weighted by molar-refractivity contribution is -0.131. The summed E-state index contributed by atoms with van der Waals surface area (Å²) in [5.74, 6) is -0.773. The van der Waals surface area contributed by atoms with E-state index in [9.17, 15) is 9.59 Å². The summed E-state index contributed by atoms with van der Waals surface area (Å²) >= 11 is 0. The van der Waals surface area contributed by atoms with Crippen LogP contribution in [0.3, 0.4) is 0 Å². The zero-order valence-corrected chi connectivity index (χ0v) is 10.4. The van der Waals surface area contributed by atoms with Gasteiger partial charge in [0.05, 0.1) is 12.5 Å². The van der Waals surface area contributed by atoms with E-state index in [-0.39, 0.29) is 5.91 Å². The van der Waals surface area contributed by atoms with Gasteiger partial charge in [0.25, 0.3) is 0 Å². The summed E-state index contributed by atoms with van der Waals surface area (Å²) in [5.41, 5.74) is 0. The Balaban J connectivity index is 0. The van der Waals surface area contributed by atoms with Gasteiger partial charge >= 0.3 is 5.97 Å². The van der Waals surface area contributed by atoms with Crippen LogP contribution < -0.4 is 0 Å². The Morgan fingerprint density at radius 2 is 1.78 bits per heavy atom. The normalized spacial score (nSPS) is 12.0. The summed E-state index contributed by atoms with van der Waals surface area (Å²) in [6, 6.07) is 0. The van der Waals surface area contributed by atoms with Crippen molar-refractivity contribution in [3.8, 4) is 0 Å². The lowest BCUT2D eigenvalue weighted by Crippen LogP contribution is -2.16. The van der Waals surface area contributed by atoms with Crippen molar-refractivity contribution in [2.75, 3.05) is 6.54 Å². The lowest BCUT2D eigenvalue weighted by Gasteiger charge is -2.05. The van der Waals surface area contributed by atoms with Gasteiger partial charge < -0.3 is 14.7 Å². The molecule has 1 aliphatic rings. The van der Waals surface area contributed by atoms with Gasteiger partial charge in [-0.05, 0) is 12.6 Å². The van der Waals surface area contributed by atoms with Crippen LogP contribution in [0.4, 0.5) is 0 Å². The van der Waals surface area contributed by atoms with Crippen LogP contribution >= 0.6 is 0 Å². The SMILES string of the molecule is C=CC(=O)O.C=CN1CCCC1=O.C=COC=C. The fourth-order valence-electron chi connectivity index (χ4n) is 0.930. The van der Waals surface area contributed by atoms with Gasteiger partial charge in [-0.15, -0.1) is 0 Å². The van der Waals surface area contributed by atoms with E-state index in [1.54, 1.807) is 11.1 Å². The molecule has 1 saturated heterocycles. The third-order valence-electron chi connectivity index (χ3n) is 1.70. The predicted molar refractivity (Wildman–Crippen MR) is 70.5 cm³/mol. The Hall–Kier alpha value is -2.30. The molecule has 5 heteroatoms. The minimum absolute atomic E-state index is 0.208. The maximum atomic E-state index is 10.7. The number of amides is 1. The first-order valence-corrected chi connectivity index (χ1v) is 5.18. The molecule has 0 spiro atoms. The van der Waals surface area contributed by atoms with Gasteiger partial charge in [-0.3, -0.25) is 4.79 Å². The van der Waals surface area contributed by atoms with Crippen LogP contribution in [0, 0.1) is 0 Å². The Bertz CT molecular complexity index is 304. The molecule has 1 N–H and O–H groups in total. The third-order valence-corrected chi connectivity index (χ3v) is 1.70. The molecule has 0 atom stereocenters. The summed E-state index contributed by atoms with van der Waals surface area (Å²) in [6.45, 7) is 13.8. The number of likely N-dealkylation sites (tertiary alicyclic amines) is 1. The van der Waals surface area contributed by atoms with Crippen molar-refractivity contribution >= 4 is 11.9 Å². The fourth-order valence-corrected chi connectivity index (χ4v) is 0.930. The van der Waals surface area contributed by atoms with E-state index in [1.807, 2.05) is 0 Å². The Morgan fingerprint density at radius 3 is 1.89 bits per heavy atom. The molecule has 1 fully saturated rings. The van der Waals surface area contributed by atoms with Crippen molar-refractivity contribution in [3.05, 3.63) is 51.1 Å². The molecule has 0 aliphatic carbocycles. The second-order valence-corrected chi connectivity index (χ2v) is 2.89. The van der Waals surface area contributed by atoms with Gasteiger partial charge in [0.2, 0.25) is 5.91 Å². The van der Waals surface area contributed by atoms with E-state index in [2.05, 4.69) is 31.1 Å². The molecule has 0 bridgehead atoms. The van der Waals surface area contributed by atoms with Gasteiger partial charge in [-0.25, -0.2) is 4.79 Å². The maximum Gasteiger partial charge on any atom is 0.327 e. The molecular weight excluding hydrogens is 234 g/mol. The number of ether oxygens (including phenoxy) is 1. The number of carboxylic acid groups (broad SMARTS) is 1. The van der Waals surface area contributed by atoms with Crippen molar-refractivity contribution in [1.82, 2.24) is 4.90 Å². The maximum absolute atomic E-state index is 10.7. The monoisotopic (exact) mass is 253 g/mol. The summed E-state index contributed by atoms with van der Waals surface area (Å²) in [7, 11) is 0. The van der Waals surface area contributed by atoms with Crippen molar-refractivity contribution in [2.24, 2.45) is 0 Å². The molecule has 0 unspecified atom stereocenters. The molecular formula is C13H19NO4. The molecule has 1 heterocycles. The number of carbonyl (C=O) groups is 2. The van der Waals surface area contributed by atoms with Crippen molar-refractivity contribution in [2.45, 2.75) is 12.8 Å². The molecule has 0 radical (unpaired) electrons. The third kappa shape index (κ3) is 11.8. The van der Waals surface area contributed by atoms with E-state index >= 15 is 0 Å². The molecule has 1 rings (SSSR count). The van der Waals surface area contributed by atoms with Crippen LogP contribution in [-0.4, -0.2) is 28.4 Å². The van der Waals surface area contributed by atoms with E-state index < -0.39 is 5.97 Å². The molecule has 0 aromatic carbocycles. The van der Waals surface area contributed by atoms with Gasteiger partial charge in [0, 0.05) is 19.0 Å². The molecule has 1 aliphatic heterocycles. The number of nitrogens with zero attached hydrogens (tertiary/aromatic N) is 1. The van der Waals surface area contributed by atoms with Crippen molar-refractivity contribution < 1.29 is 19.4 Å². The highest BCUT2D eigenvalue weighted by Crippen LogP contribution is 2.08. The topological polar surface area (TPSA) is 66.8 Å². The van der Waals surface area contributed by atoms with Crippen LogP contribution in [-0.2, 0) is 14.3 Å². The second kappa shape index (κ2) is 12.8. The molecule has 5 nitrogen and oxygen atoms in total. The molecule has 0 aromatic heterocycles. The largest absolute Gasteiger partial charge is 0.478 e. The summed E-state index contributed by atoms with van der Waals surface area (Å²) in [5, 5.41) is 7.60. The number of rotatable bonds is 4. The number of aliphatic carboxylic acids is 1. The van der Waals surface area contributed by atoms with Crippen LogP contribution in [0.2, 0.25) is 0 Å². The minimum atomic E-state index is -0.981. The Kier molecular flexibility index (Phi) is 12.8. The highest BCUT2D eigenvalue weighted by molar-refractivity contribution is 5.79. The Labute approximate surface area is 107 Å².